The lowest BCUT2D eigenvalue weighted by Gasteiger charge is -2.27. The van der Waals surface area contributed by atoms with Crippen LogP contribution in [-0.2, 0) is 5.54 Å². The summed E-state index contributed by atoms with van der Waals surface area (Å²) >= 11 is 6.06. The van der Waals surface area contributed by atoms with Crippen LogP contribution in [0.4, 0.5) is 0 Å². The van der Waals surface area contributed by atoms with Gasteiger partial charge in [0.05, 0.1) is 11.6 Å². The number of nitrogens with one attached hydrogen (secondary N) is 2. The average Bonchev–Trinajstić information content (AvgIpc) is 3.05. The van der Waals surface area contributed by atoms with E-state index in [0.29, 0.717) is 16.8 Å². The van der Waals surface area contributed by atoms with Gasteiger partial charge >= 0.3 is 0 Å². The number of piperidine rings is 1. The van der Waals surface area contributed by atoms with Crippen molar-refractivity contribution >= 4 is 17.5 Å². The maximum atomic E-state index is 12.6. The van der Waals surface area contributed by atoms with Crippen molar-refractivity contribution in [1.82, 2.24) is 20.4 Å². The lowest BCUT2D eigenvalue weighted by atomic mass is 9.94. The lowest BCUT2D eigenvalue weighted by molar-refractivity contribution is 0.0905. The second-order valence-electron chi connectivity index (χ2n) is 6.77. The Morgan fingerprint density at radius 3 is 2.96 bits per heavy atom. The molecule has 0 saturated carbocycles. The molecule has 2 N–H and O–H groups in total. The smallest absolute Gasteiger partial charge is 0.272 e. The molecule has 128 valence electrons. The highest BCUT2D eigenvalue weighted by Crippen LogP contribution is 2.23. The van der Waals surface area contributed by atoms with E-state index in [1.54, 1.807) is 6.07 Å². The first-order chi connectivity index (χ1) is 11.5. The lowest BCUT2D eigenvalue weighted by Crippen LogP contribution is -2.41. The van der Waals surface area contributed by atoms with Gasteiger partial charge in [-0.1, -0.05) is 23.7 Å². The third-order valence-electron chi connectivity index (χ3n) is 4.46. The van der Waals surface area contributed by atoms with Crippen molar-refractivity contribution in [2.75, 3.05) is 13.1 Å². The Balaban J connectivity index is 1.71. The Bertz CT molecular complexity index is 719. The number of nitrogens with zero attached hydrogens (tertiary/aromatic N) is 2. The molecule has 1 amide bonds. The number of carbonyl (C=O) groups excluding carboxylic acids is 1. The Labute approximate surface area is 147 Å². The van der Waals surface area contributed by atoms with Crippen LogP contribution in [-0.4, -0.2) is 28.8 Å². The Kier molecular flexibility index (Phi) is 4.92. The van der Waals surface area contributed by atoms with Crippen molar-refractivity contribution in [2.24, 2.45) is 0 Å². The minimum atomic E-state index is -0.530. The third-order valence-corrected chi connectivity index (χ3v) is 4.69. The molecule has 24 heavy (non-hydrogen) atoms. The number of amides is 1. The minimum Gasteiger partial charge on any atom is -0.342 e. The molecule has 1 fully saturated rings. The molecule has 1 atom stereocenters. The summed E-state index contributed by atoms with van der Waals surface area (Å²) < 4.78 is 1.90. The highest BCUT2D eigenvalue weighted by Gasteiger charge is 2.25. The van der Waals surface area contributed by atoms with Gasteiger partial charge in [-0.25, -0.2) is 0 Å². The van der Waals surface area contributed by atoms with Gasteiger partial charge in [-0.3, -0.25) is 9.48 Å². The molecule has 0 spiro atoms. The second kappa shape index (κ2) is 6.95. The van der Waals surface area contributed by atoms with E-state index in [4.69, 9.17) is 11.6 Å². The summed E-state index contributed by atoms with van der Waals surface area (Å²) in [5, 5.41) is 11.5. The summed E-state index contributed by atoms with van der Waals surface area (Å²) in [4.78, 5) is 12.6. The molecule has 1 aromatic carbocycles. The quantitative estimate of drug-likeness (QED) is 0.894. The van der Waals surface area contributed by atoms with Crippen LogP contribution in [0, 0.1) is 0 Å². The first kappa shape index (κ1) is 17.0. The van der Waals surface area contributed by atoms with Gasteiger partial charge < -0.3 is 10.6 Å². The van der Waals surface area contributed by atoms with Crippen LogP contribution in [0.2, 0.25) is 5.02 Å². The molecule has 0 radical (unpaired) electrons. The normalized spacial score (nSPS) is 18.4. The van der Waals surface area contributed by atoms with Crippen LogP contribution < -0.4 is 10.6 Å². The van der Waals surface area contributed by atoms with Crippen molar-refractivity contribution in [3.8, 4) is 0 Å². The maximum absolute atomic E-state index is 12.6. The predicted octanol–water partition coefficient (Wildman–Crippen LogP) is 3.13. The number of benzene rings is 1. The van der Waals surface area contributed by atoms with Gasteiger partial charge in [0.15, 0.2) is 0 Å². The molecular weight excluding hydrogens is 324 g/mol. The summed E-state index contributed by atoms with van der Waals surface area (Å²) in [6.07, 6.45) is 4.11. The van der Waals surface area contributed by atoms with Crippen molar-refractivity contribution < 1.29 is 4.79 Å². The van der Waals surface area contributed by atoms with Crippen LogP contribution in [0.3, 0.4) is 0 Å². The van der Waals surface area contributed by atoms with Gasteiger partial charge in [0.25, 0.3) is 5.91 Å². The van der Waals surface area contributed by atoms with Crippen LogP contribution in [0.5, 0.6) is 0 Å². The number of hydrogen-bond acceptors (Lipinski definition) is 3. The Hall–Kier alpha value is -1.85. The number of halogens is 1. The summed E-state index contributed by atoms with van der Waals surface area (Å²) in [5.41, 5.74) is 0.868. The van der Waals surface area contributed by atoms with Gasteiger partial charge in [-0.15, -0.1) is 0 Å². The summed E-state index contributed by atoms with van der Waals surface area (Å²) in [5.74, 6) is -0.178. The fourth-order valence-corrected chi connectivity index (χ4v) is 3.21. The van der Waals surface area contributed by atoms with E-state index in [9.17, 15) is 4.79 Å². The largest absolute Gasteiger partial charge is 0.342 e. The molecule has 2 heterocycles. The fraction of sp³-hybridized carbons (Fsp3) is 0.444. The number of aromatic nitrogens is 2. The van der Waals surface area contributed by atoms with Gasteiger partial charge in [0.1, 0.15) is 5.69 Å². The van der Waals surface area contributed by atoms with Crippen LogP contribution >= 0.6 is 11.6 Å². The zero-order chi connectivity index (χ0) is 17.2. The van der Waals surface area contributed by atoms with Gasteiger partial charge in [-0.05, 0) is 57.0 Å². The van der Waals surface area contributed by atoms with Crippen LogP contribution in [0.15, 0.2) is 36.5 Å². The summed E-state index contributed by atoms with van der Waals surface area (Å²) in [6, 6.07) is 9.63. The van der Waals surface area contributed by atoms with Crippen molar-refractivity contribution in [2.45, 2.75) is 38.3 Å². The van der Waals surface area contributed by atoms with Crippen LogP contribution in [0.25, 0.3) is 0 Å². The number of hydrogen-bond donors (Lipinski definition) is 2. The molecule has 1 unspecified atom stereocenters. The average molecular weight is 347 g/mol. The van der Waals surface area contributed by atoms with E-state index >= 15 is 0 Å². The number of rotatable bonds is 4. The maximum Gasteiger partial charge on any atom is 0.272 e. The van der Waals surface area contributed by atoms with Gasteiger partial charge in [0, 0.05) is 17.8 Å². The first-order valence-electron chi connectivity index (χ1n) is 8.30. The SMILES string of the molecule is CC(C)(NC(=O)c1ccn(C2CCCNC2)n1)c1cccc(Cl)c1. The molecular formula is C18H23ClN4O. The Morgan fingerprint density at radius 1 is 1.42 bits per heavy atom. The van der Waals surface area contributed by atoms with E-state index in [-0.39, 0.29) is 5.91 Å². The Morgan fingerprint density at radius 2 is 2.25 bits per heavy atom. The van der Waals surface area contributed by atoms with E-state index < -0.39 is 5.54 Å². The molecule has 5 nitrogen and oxygen atoms in total. The van der Waals surface area contributed by atoms with Crippen molar-refractivity contribution in [1.29, 1.82) is 0 Å². The zero-order valence-electron chi connectivity index (χ0n) is 14.1. The molecule has 6 heteroatoms. The van der Waals surface area contributed by atoms with E-state index in [2.05, 4.69) is 15.7 Å². The molecule has 1 aliphatic rings. The molecule has 0 bridgehead atoms. The third kappa shape index (κ3) is 3.79. The topological polar surface area (TPSA) is 59.0 Å². The molecule has 2 aromatic rings. The highest BCUT2D eigenvalue weighted by atomic mass is 35.5. The highest BCUT2D eigenvalue weighted by molar-refractivity contribution is 6.30. The summed E-state index contributed by atoms with van der Waals surface area (Å²) in [7, 11) is 0. The molecule has 0 aliphatic carbocycles. The summed E-state index contributed by atoms with van der Waals surface area (Å²) in [6.45, 7) is 5.87. The molecule has 3 rings (SSSR count). The minimum absolute atomic E-state index is 0.178. The molecule has 1 saturated heterocycles. The standard InChI is InChI=1S/C18H23ClN4O/c1-18(2,13-5-3-6-14(19)11-13)21-17(24)16-8-10-23(22-16)15-7-4-9-20-12-15/h3,5-6,8,10-11,15,20H,4,7,9,12H2,1-2H3,(H,21,24). The second-order valence-corrected chi connectivity index (χ2v) is 7.21. The first-order valence-corrected chi connectivity index (χ1v) is 8.68. The fourth-order valence-electron chi connectivity index (χ4n) is 3.02. The van der Waals surface area contributed by atoms with Gasteiger partial charge in [-0.2, -0.15) is 5.10 Å². The molecule has 1 aliphatic heterocycles. The van der Waals surface area contributed by atoms with Gasteiger partial charge in [0.2, 0.25) is 0 Å². The zero-order valence-corrected chi connectivity index (χ0v) is 14.8. The van der Waals surface area contributed by atoms with Crippen molar-refractivity contribution in [3.63, 3.8) is 0 Å². The molecule has 1 aromatic heterocycles. The van der Waals surface area contributed by atoms with E-state index in [1.165, 1.54) is 0 Å². The van der Waals surface area contributed by atoms with E-state index in [1.807, 2.05) is 49.0 Å². The van der Waals surface area contributed by atoms with Crippen molar-refractivity contribution in [3.05, 3.63) is 52.8 Å². The number of carbonyl (C=O) groups is 1. The monoisotopic (exact) mass is 346 g/mol. The van der Waals surface area contributed by atoms with Crippen LogP contribution in [0.1, 0.15) is 48.8 Å². The van der Waals surface area contributed by atoms with E-state index in [0.717, 1.165) is 31.5 Å². The predicted molar refractivity (Wildman–Crippen MR) is 95.3 cm³/mol.